The van der Waals surface area contributed by atoms with Crippen LogP contribution in [0.4, 0.5) is 0 Å². The van der Waals surface area contributed by atoms with E-state index in [1.165, 1.54) is 0 Å². The summed E-state index contributed by atoms with van der Waals surface area (Å²) in [6, 6.07) is 0. The van der Waals surface area contributed by atoms with Gasteiger partial charge in [0.25, 0.3) is 0 Å². The van der Waals surface area contributed by atoms with Gasteiger partial charge in [-0.1, -0.05) is 21.6 Å². The Kier molecular flexibility index (Phi) is 1.42. The Morgan fingerprint density at radius 2 is 2.38 bits per heavy atom. The molecule has 46 valence electrons. The van der Waals surface area contributed by atoms with Crippen LogP contribution in [0.3, 0.4) is 0 Å². The van der Waals surface area contributed by atoms with E-state index >= 15 is 0 Å². The van der Waals surface area contributed by atoms with Crippen molar-refractivity contribution in [2.75, 3.05) is 13.2 Å². The number of hydrogen-bond donors (Lipinski definition) is 1. The minimum atomic E-state index is 0.539. The Labute approximate surface area is 56.1 Å². The molecule has 0 aromatic heterocycles. The summed E-state index contributed by atoms with van der Waals surface area (Å²) in [5, 5.41) is 3.32. The highest BCUT2D eigenvalue weighted by atomic mass is 33.2. The molecule has 2 fully saturated rings. The predicted octanol–water partition coefficient (Wildman–Crippen LogP) is 0.653. The molecule has 0 spiro atoms. The van der Waals surface area contributed by atoms with Gasteiger partial charge in [-0.25, -0.2) is 0 Å². The van der Waals surface area contributed by atoms with Crippen molar-refractivity contribution in [1.29, 1.82) is 0 Å². The second-order valence-corrected chi connectivity index (χ2v) is 4.67. The van der Waals surface area contributed by atoms with Gasteiger partial charge in [0.15, 0.2) is 0 Å². The molecular weight excluding hydrogens is 142 g/mol. The van der Waals surface area contributed by atoms with Crippen molar-refractivity contribution in [1.82, 2.24) is 5.32 Å². The van der Waals surface area contributed by atoms with Crippen LogP contribution in [0.15, 0.2) is 0 Å². The first kappa shape index (κ1) is 5.41. The highest BCUT2D eigenvalue weighted by Crippen LogP contribution is 2.50. The Balaban J connectivity index is 1.56. The number of epoxide rings is 1. The summed E-state index contributed by atoms with van der Waals surface area (Å²) < 4.78 is 5.69. The van der Waals surface area contributed by atoms with Gasteiger partial charge < -0.3 is 4.74 Å². The van der Waals surface area contributed by atoms with E-state index in [4.69, 9.17) is 4.74 Å². The van der Waals surface area contributed by atoms with Gasteiger partial charge in [0.2, 0.25) is 0 Å². The molecule has 0 aromatic rings. The van der Waals surface area contributed by atoms with Crippen LogP contribution in [-0.4, -0.2) is 24.0 Å². The van der Waals surface area contributed by atoms with Crippen LogP contribution in [-0.2, 0) is 4.74 Å². The van der Waals surface area contributed by atoms with E-state index in [1.807, 2.05) is 21.6 Å². The van der Waals surface area contributed by atoms with Crippen LogP contribution >= 0.6 is 21.6 Å². The summed E-state index contributed by atoms with van der Waals surface area (Å²) in [5.41, 5.74) is 0. The third kappa shape index (κ3) is 1.55. The number of hydrogen-bond acceptors (Lipinski definition) is 4. The van der Waals surface area contributed by atoms with E-state index in [2.05, 4.69) is 5.32 Å². The molecule has 1 N–H and O–H groups in total. The molecule has 2 saturated heterocycles. The fraction of sp³-hybridized carbons (Fsp3) is 1.00. The molecule has 8 heavy (non-hydrogen) atoms. The van der Waals surface area contributed by atoms with Crippen LogP contribution in [0, 0.1) is 0 Å². The Hall–Kier alpha value is 0.620. The lowest BCUT2D eigenvalue weighted by atomic mass is 10.5. The van der Waals surface area contributed by atoms with E-state index in [-0.39, 0.29) is 0 Å². The average molecular weight is 149 g/mol. The largest absolute Gasteiger partial charge is 0.372 e. The standard InChI is InChI=1S/C4H7NOS2/c1(3-2-6-3)5-4-7-8-4/h3-5H,1-2H2. The van der Waals surface area contributed by atoms with Crippen molar-refractivity contribution < 1.29 is 4.74 Å². The Morgan fingerprint density at radius 1 is 1.62 bits per heavy atom. The van der Waals surface area contributed by atoms with E-state index in [0.29, 0.717) is 10.8 Å². The molecule has 2 aliphatic rings. The zero-order valence-electron chi connectivity index (χ0n) is 4.29. The normalized spacial score (nSPS) is 35.2. The van der Waals surface area contributed by atoms with Crippen molar-refractivity contribution in [3.8, 4) is 0 Å². The maximum atomic E-state index is 5.01. The van der Waals surface area contributed by atoms with E-state index in [9.17, 15) is 0 Å². The lowest BCUT2D eigenvalue weighted by Gasteiger charge is -1.91. The quantitative estimate of drug-likeness (QED) is 0.470. The second kappa shape index (κ2) is 2.10. The molecule has 2 rings (SSSR count). The predicted molar refractivity (Wildman–Crippen MR) is 36.7 cm³/mol. The molecule has 0 amide bonds. The van der Waals surface area contributed by atoms with Gasteiger partial charge in [0, 0.05) is 6.54 Å². The molecule has 2 heterocycles. The molecule has 0 aliphatic carbocycles. The maximum absolute atomic E-state index is 5.01. The summed E-state index contributed by atoms with van der Waals surface area (Å²) in [4.78, 5) is 0. The summed E-state index contributed by atoms with van der Waals surface area (Å²) in [6.07, 6.45) is 0.539. The lowest BCUT2D eigenvalue weighted by molar-refractivity contribution is 0.401. The summed E-state index contributed by atoms with van der Waals surface area (Å²) in [5.74, 6) is 0. The number of rotatable bonds is 3. The van der Waals surface area contributed by atoms with Gasteiger partial charge >= 0.3 is 0 Å². The van der Waals surface area contributed by atoms with Crippen LogP contribution < -0.4 is 5.32 Å². The zero-order valence-corrected chi connectivity index (χ0v) is 5.93. The number of ether oxygens (including phenoxy) is 1. The third-order valence-corrected chi connectivity index (χ3v) is 2.98. The molecule has 4 heteroatoms. The molecule has 1 atom stereocenters. The van der Waals surface area contributed by atoms with Crippen LogP contribution in [0.5, 0.6) is 0 Å². The first-order valence-electron chi connectivity index (χ1n) is 2.62. The van der Waals surface area contributed by atoms with E-state index < -0.39 is 0 Å². The molecule has 0 saturated carbocycles. The molecule has 0 bridgehead atoms. The monoisotopic (exact) mass is 149 g/mol. The topological polar surface area (TPSA) is 24.6 Å². The summed E-state index contributed by atoms with van der Waals surface area (Å²) in [7, 11) is 3.78. The molecule has 2 nitrogen and oxygen atoms in total. The minimum Gasteiger partial charge on any atom is -0.372 e. The second-order valence-electron chi connectivity index (χ2n) is 1.89. The fourth-order valence-corrected chi connectivity index (χ4v) is 1.47. The highest BCUT2D eigenvalue weighted by Gasteiger charge is 2.28. The summed E-state index contributed by atoms with van der Waals surface area (Å²) in [6.45, 7) is 2.01. The molecule has 0 aromatic carbocycles. The van der Waals surface area contributed by atoms with Crippen LogP contribution in [0.2, 0.25) is 0 Å². The SMILES string of the molecule is C(NC1SS1)C1CO1. The third-order valence-electron chi connectivity index (χ3n) is 1.11. The van der Waals surface area contributed by atoms with Crippen molar-refractivity contribution in [3.05, 3.63) is 0 Å². The Bertz CT molecular complexity index is 80.0. The van der Waals surface area contributed by atoms with Gasteiger partial charge in [-0.05, 0) is 0 Å². The van der Waals surface area contributed by atoms with Gasteiger partial charge in [-0.15, -0.1) is 0 Å². The first-order valence-corrected chi connectivity index (χ1v) is 4.90. The van der Waals surface area contributed by atoms with Crippen molar-refractivity contribution in [2.45, 2.75) is 10.8 Å². The van der Waals surface area contributed by atoms with Gasteiger partial charge in [-0.2, -0.15) is 0 Å². The molecule has 1 unspecified atom stereocenters. The first-order chi connectivity index (χ1) is 3.95. The zero-order chi connectivity index (χ0) is 5.40. The van der Waals surface area contributed by atoms with E-state index in [1.54, 1.807) is 0 Å². The smallest absolute Gasteiger partial charge is 0.121 e. The molecule has 0 radical (unpaired) electrons. The highest BCUT2D eigenvalue weighted by molar-refractivity contribution is 8.92. The van der Waals surface area contributed by atoms with Crippen LogP contribution in [0.1, 0.15) is 0 Å². The van der Waals surface area contributed by atoms with Gasteiger partial charge in [-0.3, -0.25) is 5.32 Å². The lowest BCUT2D eigenvalue weighted by Crippen LogP contribution is -2.19. The van der Waals surface area contributed by atoms with Gasteiger partial charge in [0.1, 0.15) is 4.71 Å². The maximum Gasteiger partial charge on any atom is 0.121 e. The van der Waals surface area contributed by atoms with Gasteiger partial charge in [0.05, 0.1) is 12.7 Å². The van der Waals surface area contributed by atoms with Crippen molar-refractivity contribution in [2.24, 2.45) is 0 Å². The molecule has 2 aliphatic heterocycles. The Morgan fingerprint density at radius 3 is 2.88 bits per heavy atom. The van der Waals surface area contributed by atoms with Crippen molar-refractivity contribution >= 4 is 21.6 Å². The fourth-order valence-electron chi connectivity index (χ4n) is 0.509. The average Bonchev–Trinajstić information content (AvgIpc) is 2.60. The number of nitrogens with one attached hydrogen (secondary N) is 1. The molecular formula is C4H7NOS2. The summed E-state index contributed by atoms with van der Waals surface area (Å²) >= 11 is 0. The van der Waals surface area contributed by atoms with Crippen LogP contribution in [0.25, 0.3) is 0 Å². The van der Waals surface area contributed by atoms with E-state index in [0.717, 1.165) is 13.2 Å². The van der Waals surface area contributed by atoms with Crippen molar-refractivity contribution in [3.63, 3.8) is 0 Å². The minimum absolute atomic E-state index is 0.539.